The maximum absolute atomic E-state index is 13.0. The van der Waals surface area contributed by atoms with E-state index in [0.717, 1.165) is 27.1 Å². The highest BCUT2D eigenvalue weighted by atomic mass is 35.5. The minimum Gasteiger partial charge on any atom is -0.452 e. The Morgan fingerprint density at radius 3 is 2.24 bits per heavy atom. The van der Waals surface area contributed by atoms with Gasteiger partial charge >= 0.3 is 5.97 Å². The number of benzene rings is 4. The average Bonchev–Trinajstić information content (AvgIpc) is 3.29. The molecule has 0 unspecified atom stereocenters. The van der Waals surface area contributed by atoms with Crippen LogP contribution in [0.1, 0.15) is 10.4 Å². The normalized spacial score (nSPS) is 10.9. The Morgan fingerprint density at radius 2 is 1.55 bits per heavy atom. The first-order valence-electron chi connectivity index (χ1n) is 10.2. The van der Waals surface area contributed by atoms with Crippen LogP contribution in [0, 0.1) is 0 Å². The van der Waals surface area contributed by atoms with Gasteiger partial charge in [-0.1, -0.05) is 78.3 Å². The molecule has 0 saturated carbocycles. The van der Waals surface area contributed by atoms with Crippen LogP contribution in [0.5, 0.6) is 0 Å². The summed E-state index contributed by atoms with van der Waals surface area (Å²) in [6.45, 7) is -0.419. The molecule has 0 atom stereocenters. The van der Waals surface area contributed by atoms with Crippen LogP contribution in [0.4, 0.5) is 5.13 Å². The fourth-order valence-electron chi connectivity index (χ4n) is 3.72. The average molecular weight is 473 g/mol. The number of ether oxygens (including phenoxy) is 1. The molecule has 0 radical (unpaired) electrons. The summed E-state index contributed by atoms with van der Waals surface area (Å²) < 4.78 is 5.39. The van der Waals surface area contributed by atoms with Crippen molar-refractivity contribution in [2.45, 2.75) is 0 Å². The van der Waals surface area contributed by atoms with Crippen LogP contribution >= 0.6 is 22.9 Å². The summed E-state index contributed by atoms with van der Waals surface area (Å²) in [5.41, 5.74) is 1.90. The topological polar surface area (TPSA) is 68.3 Å². The first-order valence-corrected chi connectivity index (χ1v) is 11.4. The number of hydrogen-bond donors (Lipinski definition) is 1. The van der Waals surface area contributed by atoms with E-state index in [4.69, 9.17) is 16.3 Å². The molecule has 0 spiro atoms. The van der Waals surface area contributed by atoms with Crippen molar-refractivity contribution in [3.05, 3.63) is 94.8 Å². The predicted octanol–water partition coefficient (Wildman–Crippen LogP) is 6.57. The molecule has 0 aliphatic carbocycles. The van der Waals surface area contributed by atoms with Gasteiger partial charge in [-0.05, 0) is 33.7 Å². The monoisotopic (exact) mass is 472 g/mol. The maximum atomic E-state index is 13.0. The molecule has 33 heavy (non-hydrogen) atoms. The number of nitrogens with one attached hydrogen (secondary N) is 1. The van der Waals surface area contributed by atoms with Crippen LogP contribution < -0.4 is 5.32 Å². The zero-order chi connectivity index (χ0) is 22.8. The predicted molar refractivity (Wildman–Crippen MR) is 133 cm³/mol. The van der Waals surface area contributed by atoms with Crippen molar-refractivity contribution in [3.63, 3.8) is 0 Å². The molecule has 0 fully saturated rings. The Labute approximate surface area is 198 Å². The van der Waals surface area contributed by atoms with E-state index in [0.29, 0.717) is 21.4 Å². The lowest BCUT2D eigenvalue weighted by Gasteiger charge is -2.11. The first kappa shape index (κ1) is 21.1. The minimum atomic E-state index is -0.547. The third-order valence-corrected chi connectivity index (χ3v) is 6.30. The van der Waals surface area contributed by atoms with Crippen molar-refractivity contribution >= 4 is 61.5 Å². The van der Waals surface area contributed by atoms with Crippen LogP contribution in [-0.4, -0.2) is 23.5 Å². The third kappa shape index (κ3) is 4.31. The van der Waals surface area contributed by atoms with E-state index < -0.39 is 18.5 Å². The largest absolute Gasteiger partial charge is 0.452 e. The lowest BCUT2D eigenvalue weighted by molar-refractivity contribution is -0.119. The van der Waals surface area contributed by atoms with Gasteiger partial charge in [0.05, 0.1) is 11.3 Å². The molecule has 1 N–H and O–H groups in total. The second-order valence-electron chi connectivity index (χ2n) is 7.34. The van der Waals surface area contributed by atoms with Gasteiger partial charge in [0.2, 0.25) is 0 Å². The number of amides is 1. The molecule has 0 aliphatic heterocycles. The van der Waals surface area contributed by atoms with Gasteiger partial charge in [0.15, 0.2) is 11.7 Å². The van der Waals surface area contributed by atoms with Crippen molar-refractivity contribution in [3.8, 4) is 11.3 Å². The Hall–Kier alpha value is -3.74. The number of aromatic nitrogens is 1. The molecule has 0 bridgehead atoms. The number of hydrogen-bond acceptors (Lipinski definition) is 5. The number of carbonyl (C=O) groups excluding carboxylic acids is 2. The van der Waals surface area contributed by atoms with Gasteiger partial charge in [0, 0.05) is 16.0 Å². The van der Waals surface area contributed by atoms with E-state index in [9.17, 15) is 9.59 Å². The second-order valence-corrected chi connectivity index (χ2v) is 8.60. The van der Waals surface area contributed by atoms with E-state index in [1.807, 2.05) is 78.2 Å². The Kier molecular flexibility index (Phi) is 5.77. The van der Waals surface area contributed by atoms with Crippen LogP contribution in [0.15, 0.2) is 84.2 Å². The fourth-order valence-corrected chi connectivity index (χ4v) is 4.68. The number of fused-ring (bicyclic) bond motifs is 2. The lowest BCUT2D eigenvalue weighted by atomic mass is 9.97. The van der Waals surface area contributed by atoms with Gasteiger partial charge in [-0.25, -0.2) is 9.78 Å². The number of nitrogens with zero attached hydrogens (tertiary/aromatic N) is 1. The van der Waals surface area contributed by atoms with Crippen LogP contribution in [0.2, 0.25) is 5.02 Å². The molecule has 1 heterocycles. The summed E-state index contributed by atoms with van der Waals surface area (Å²) in [5, 5.41) is 8.91. The number of thiazole rings is 1. The Bertz CT molecular complexity index is 1460. The van der Waals surface area contributed by atoms with Crippen LogP contribution in [0.3, 0.4) is 0 Å². The number of esters is 1. The molecule has 5 aromatic rings. The van der Waals surface area contributed by atoms with Crippen molar-refractivity contribution in [1.29, 1.82) is 0 Å². The highest BCUT2D eigenvalue weighted by Crippen LogP contribution is 2.31. The second kappa shape index (κ2) is 9.02. The van der Waals surface area contributed by atoms with Gasteiger partial charge in [0.1, 0.15) is 0 Å². The van der Waals surface area contributed by atoms with Crippen LogP contribution in [0.25, 0.3) is 32.8 Å². The quantitative estimate of drug-likeness (QED) is 0.232. The lowest BCUT2D eigenvalue weighted by Crippen LogP contribution is -2.21. The molecule has 5 rings (SSSR count). The fraction of sp³-hybridized carbons (Fsp3) is 0.0385. The molecular weight excluding hydrogens is 456 g/mol. The molecule has 162 valence electrons. The van der Waals surface area contributed by atoms with Gasteiger partial charge in [-0.15, -0.1) is 11.3 Å². The van der Waals surface area contributed by atoms with Gasteiger partial charge in [-0.3, -0.25) is 10.1 Å². The Balaban J connectivity index is 1.32. The van der Waals surface area contributed by atoms with E-state index >= 15 is 0 Å². The third-order valence-electron chi connectivity index (χ3n) is 5.21. The summed E-state index contributed by atoms with van der Waals surface area (Å²) in [7, 11) is 0. The highest BCUT2D eigenvalue weighted by Gasteiger charge is 2.18. The van der Waals surface area contributed by atoms with E-state index in [-0.39, 0.29) is 0 Å². The van der Waals surface area contributed by atoms with Crippen molar-refractivity contribution in [2.24, 2.45) is 0 Å². The summed E-state index contributed by atoms with van der Waals surface area (Å²) in [6, 6.07) is 24.6. The molecular formula is C26H17ClN2O3S. The minimum absolute atomic E-state index is 0.404. The zero-order valence-electron chi connectivity index (χ0n) is 17.2. The number of rotatable bonds is 5. The van der Waals surface area contributed by atoms with Gasteiger partial charge in [0.25, 0.3) is 5.91 Å². The summed E-state index contributed by atoms with van der Waals surface area (Å²) in [5.74, 6) is -1.01. The van der Waals surface area contributed by atoms with Gasteiger partial charge < -0.3 is 4.74 Å². The zero-order valence-corrected chi connectivity index (χ0v) is 18.8. The molecule has 5 nitrogen and oxygen atoms in total. The van der Waals surface area contributed by atoms with E-state index in [1.54, 1.807) is 6.07 Å². The molecule has 4 aromatic carbocycles. The summed E-state index contributed by atoms with van der Waals surface area (Å²) >= 11 is 7.49. The molecule has 0 saturated heterocycles. The first-order chi connectivity index (χ1) is 16.1. The van der Waals surface area contributed by atoms with E-state index in [1.165, 1.54) is 11.3 Å². The standard InChI is InChI=1S/C26H17ClN2O3S/c27-21-12-6-5-11-20(21)22-15-33-26(28-22)29-23(30)14-32-25(31)24-18-9-3-1-7-16(18)13-17-8-2-4-10-19(17)24/h1-13,15H,14H2,(H,28,29,30). The SMILES string of the molecule is O=C(COC(=O)c1c2ccccc2cc2ccccc12)Nc1nc(-c2ccccc2Cl)cs1. The van der Waals surface area contributed by atoms with Gasteiger partial charge in [-0.2, -0.15) is 0 Å². The van der Waals surface area contributed by atoms with Crippen molar-refractivity contribution in [1.82, 2.24) is 4.98 Å². The molecule has 1 aromatic heterocycles. The number of halogens is 1. The smallest absolute Gasteiger partial charge is 0.339 e. The van der Waals surface area contributed by atoms with Crippen molar-refractivity contribution in [2.75, 3.05) is 11.9 Å². The number of carbonyl (C=O) groups is 2. The molecule has 7 heteroatoms. The van der Waals surface area contributed by atoms with Crippen LogP contribution in [-0.2, 0) is 9.53 Å². The summed E-state index contributed by atoms with van der Waals surface area (Å²) in [4.78, 5) is 29.9. The van der Waals surface area contributed by atoms with Crippen molar-refractivity contribution < 1.29 is 14.3 Å². The highest BCUT2D eigenvalue weighted by molar-refractivity contribution is 7.14. The maximum Gasteiger partial charge on any atom is 0.339 e. The van der Waals surface area contributed by atoms with E-state index in [2.05, 4.69) is 10.3 Å². The Morgan fingerprint density at radius 1 is 0.909 bits per heavy atom. The number of anilines is 1. The molecule has 1 amide bonds. The molecule has 0 aliphatic rings. The summed E-state index contributed by atoms with van der Waals surface area (Å²) in [6.07, 6.45) is 0.